The molecule has 0 radical (unpaired) electrons. The molecule has 1 aromatic heterocycles. The summed E-state index contributed by atoms with van der Waals surface area (Å²) in [7, 11) is 1.75. The summed E-state index contributed by atoms with van der Waals surface area (Å²) in [6.45, 7) is 0.653. The summed E-state index contributed by atoms with van der Waals surface area (Å²) in [4.78, 5) is 13.5. The van der Waals surface area contributed by atoms with Crippen LogP contribution < -0.4 is 0 Å². The van der Waals surface area contributed by atoms with Crippen LogP contribution >= 0.6 is 43.2 Å². The van der Waals surface area contributed by atoms with E-state index in [2.05, 4.69) is 31.9 Å². The van der Waals surface area contributed by atoms with Crippen LogP contribution in [0, 0.1) is 0 Å². The zero-order chi connectivity index (χ0) is 9.14. The predicted molar refractivity (Wildman–Crippen MR) is 57.8 cm³/mol. The third-order valence-electron chi connectivity index (χ3n) is 1.31. The number of hydrogen-bond acceptors (Lipinski definition) is 2. The quantitative estimate of drug-likeness (QED) is 0.605. The van der Waals surface area contributed by atoms with Gasteiger partial charge in [0.05, 0.1) is 6.54 Å². The Balaban J connectivity index is 2.58. The smallest absolute Gasteiger partial charge is 0.289 e. The Hall–Kier alpha value is 0.130. The molecule has 0 aliphatic rings. The minimum Gasteiger partial charge on any atom is -0.331 e. The van der Waals surface area contributed by atoms with E-state index >= 15 is 0 Å². The minimum absolute atomic E-state index is 0.0907. The summed E-state index contributed by atoms with van der Waals surface area (Å²) in [5.41, 5.74) is 0. The molecule has 66 valence electrons. The molecule has 1 heterocycles. The molecule has 0 spiro atoms. The second-order valence-corrected chi connectivity index (χ2v) is 4.93. The molecular formula is C7H7Br2NOS. The molecule has 5 heteroatoms. The lowest BCUT2D eigenvalue weighted by Gasteiger charge is -2.10. The lowest BCUT2D eigenvalue weighted by molar-refractivity contribution is 0.233. The highest BCUT2D eigenvalue weighted by molar-refractivity contribution is 9.18. The van der Waals surface area contributed by atoms with Crippen molar-refractivity contribution in [2.75, 3.05) is 7.05 Å². The molecule has 0 bridgehead atoms. The number of nitrogens with zero attached hydrogens (tertiary/aromatic N) is 1. The van der Waals surface area contributed by atoms with Gasteiger partial charge in [0.2, 0.25) is 0 Å². The topological polar surface area (TPSA) is 20.3 Å². The molecule has 0 N–H and O–H groups in total. The van der Waals surface area contributed by atoms with Crippen molar-refractivity contribution in [2.24, 2.45) is 0 Å². The molecule has 12 heavy (non-hydrogen) atoms. The molecule has 0 saturated carbocycles. The van der Waals surface area contributed by atoms with Crippen molar-refractivity contribution >= 4 is 48.0 Å². The molecule has 0 fully saturated rings. The Morgan fingerprint density at radius 2 is 2.42 bits per heavy atom. The highest BCUT2D eigenvalue weighted by atomic mass is 79.9. The summed E-state index contributed by atoms with van der Waals surface area (Å²) in [6, 6.07) is 2.01. The van der Waals surface area contributed by atoms with Gasteiger partial charge in [-0.25, -0.2) is 0 Å². The van der Waals surface area contributed by atoms with Gasteiger partial charge in [0, 0.05) is 37.7 Å². The number of thiophene rings is 1. The molecule has 1 aromatic rings. The number of carbonyl (C=O) groups is 1. The first-order chi connectivity index (χ1) is 5.59. The first kappa shape index (κ1) is 10.2. The van der Waals surface area contributed by atoms with Crippen molar-refractivity contribution in [3.05, 3.63) is 20.8 Å². The third-order valence-corrected chi connectivity index (χ3v) is 3.60. The molecule has 0 saturated heterocycles. The normalized spacial score (nSPS) is 9.92. The van der Waals surface area contributed by atoms with Crippen LogP contribution in [-0.2, 0) is 6.54 Å². The van der Waals surface area contributed by atoms with Crippen LogP contribution in [0.5, 0.6) is 0 Å². The number of amides is 1. The van der Waals surface area contributed by atoms with Gasteiger partial charge in [-0.2, -0.15) is 0 Å². The maximum Gasteiger partial charge on any atom is 0.289 e. The van der Waals surface area contributed by atoms with E-state index in [-0.39, 0.29) is 4.82 Å². The number of hydrogen-bond donors (Lipinski definition) is 0. The van der Waals surface area contributed by atoms with Gasteiger partial charge in [0.25, 0.3) is 4.82 Å². The van der Waals surface area contributed by atoms with Gasteiger partial charge in [0.1, 0.15) is 0 Å². The van der Waals surface area contributed by atoms with E-state index in [0.29, 0.717) is 6.54 Å². The highest BCUT2D eigenvalue weighted by Gasteiger charge is 2.05. The Morgan fingerprint density at radius 1 is 1.75 bits per heavy atom. The second-order valence-electron chi connectivity index (χ2n) is 2.34. The lowest BCUT2D eigenvalue weighted by atomic mass is 10.4. The Kier molecular flexibility index (Phi) is 3.74. The van der Waals surface area contributed by atoms with Crippen LogP contribution in [-0.4, -0.2) is 16.8 Å². The van der Waals surface area contributed by atoms with Gasteiger partial charge in [0.15, 0.2) is 0 Å². The van der Waals surface area contributed by atoms with Gasteiger partial charge >= 0.3 is 0 Å². The van der Waals surface area contributed by atoms with Gasteiger partial charge < -0.3 is 4.90 Å². The summed E-state index contributed by atoms with van der Waals surface area (Å²) in [5, 5.41) is 2.00. The van der Waals surface area contributed by atoms with E-state index in [1.54, 1.807) is 23.3 Å². The molecular weight excluding hydrogens is 306 g/mol. The average molecular weight is 313 g/mol. The van der Waals surface area contributed by atoms with Crippen LogP contribution in [0.4, 0.5) is 4.79 Å². The van der Waals surface area contributed by atoms with Crippen LogP contribution in [0.3, 0.4) is 0 Å². The van der Waals surface area contributed by atoms with E-state index in [0.717, 1.165) is 9.35 Å². The molecule has 0 aliphatic heterocycles. The SMILES string of the molecule is CN(Cc1cc(Br)cs1)C(=O)Br. The van der Waals surface area contributed by atoms with Gasteiger partial charge in [-0.1, -0.05) is 0 Å². The van der Waals surface area contributed by atoms with Crippen LogP contribution in [0.2, 0.25) is 0 Å². The highest BCUT2D eigenvalue weighted by Crippen LogP contribution is 2.21. The summed E-state index contributed by atoms with van der Waals surface area (Å²) >= 11 is 7.87. The molecule has 0 aliphatic carbocycles. The fourth-order valence-corrected chi connectivity index (χ4v) is 2.36. The zero-order valence-electron chi connectivity index (χ0n) is 6.38. The molecule has 1 amide bonds. The number of halogens is 2. The van der Waals surface area contributed by atoms with E-state index in [1.165, 1.54) is 0 Å². The third kappa shape index (κ3) is 2.88. The summed E-state index contributed by atoms with van der Waals surface area (Å²) in [6.07, 6.45) is 0. The van der Waals surface area contributed by atoms with Crippen molar-refractivity contribution in [3.8, 4) is 0 Å². The molecule has 2 nitrogen and oxygen atoms in total. The first-order valence-electron chi connectivity index (χ1n) is 3.23. The Morgan fingerprint density at radius 3 is 2.83 bits per heavy atom. The van der Waals surface area contributed by atoms with Gasteiger partial charge in [-0.15, -0.1) is 11.3 Å². The summed E-state index contributed by atoms with van der Waals surface area (Å²) < 4.78 is 1.07. The van der Waals surface area contributed by atoms with Gasteiger partial charge in [-0.3, -0.25) is 4.79 Å². The van der Waals surface area contributed by atoms with Crippen molar-refractivity contribution in [1.82, 2.24) is 4.90 Å². The summed E-state index contributed by atoms with van der Waals surface area (Å²) in [5.74, 6) is 0. The van der Waals surface area contributed by atoms with E-state index in [4.69, 9.17) is 0 Å². The first-order valence-corrected chi connectivity index (χ1v) is 5.69. The van der Waals surface area contributed by atoms with Crippen LogP contribution in [0.25, 0.3) is 0 Å². The predicted octanol–water partition coefficient (Wildman–Crippen LogP) is 3.46. The second kappa shape index (κ2) is 4.39. The standard InChI is InChI=1S/C7H7Br2NOS/c1-10(7(9)11)3-6-2-5(8)4-12-6/h2,4H,3H2,1H3. The van der Waals surface area contributed by atoms with Crippen molar-refractivity contribution < 1.29 is 4.79 Å². The number of carbonyl (C=O) groups excluding carboxylic acids is 1. The molecule has 0 atom stereocenters. The molecule has 1 rings (SSSR count). The maximum absolute atomic E-state index is 10.8. The van der Waals surface area contributed by atoms with Crippen molar-refractivity contribution in [3.63, 3.8) is 0 Å². The fraction of sp³-hybridized carbons (Fsp3) is 0.286. The molecule has 0 aromatic carbocycles. The minimum atomic E-state index is -0.0907. The average Bonchev–Trinajstić information content (AvgIpc) is 2.35. The van der Waals surface area contributed by atoms with Gasteiger partial charge in [-0.05, 0) is 22.0 Å². The maximum atomic E-state index is 10.8. The molecule has 0 unspecified atom stereocenters. The number of rotatable bonds is 2. The van der Waals surface area contributed by atoms with E-state index in [1.807, 2.05) is 11.4 Å². The zero-order valence-corrected chi connectivity index (χ0v) is 10.4. The fourth-order valence-electron chi connectivity index (χ4n) is 0.733. The van der Waals surface area contributed by atoms with Crippen LogP contribution in [0.1, 0.15) is 4.88 Å². The van der Waals surface area contributed by atoms with E-state index < -0.39 is 0 Å². The lowest BCUT2D eigenvalue weighted by Crippen LogP contribution is -2.18. The Labute approximate surface area is 91.8 Å². The van der Waals surface area contributed by atoms with E-state index in [9.17, 15) is 4.79 Å². The van der Waals surface area contributed by atoms with Crippen molar-refractivity contribution in [1.29, 1.82) is 0 Å². The van der Waals surface area contributed by atoms with Crippen LogP contribution in [0.15, 0.2) is 15.9 Å². The largest absolute Gasteiger partial charge is 0.331 e. The monoisotopic (exact) mass is 311 g/mol. The Bertz CT molecular complexity index is 287. The van der Waals surface area contributed by atoms with Crippen molar-refractivity contribution in [2.45, 2.75) is 6.54 Å².